The van der Waals surface area contributed by atoms with Gasteiger partial charge in [0.05, 0.1) is 16.7 Å². The van der Waals surface area contributed by atoms with E-state index in [-0.39, 0.29) is 28.9 Å². The van der Waals surface area contributed by atoms with Crippen molar-refractivity contribution in [3.8, 4) is 0 Å². The van der Waals surface area contributed by atoms with E-state index in [9.17, 15) is 14.4 Å². The third-order valence-corrected chi connectivity index (χ3v) is 6.08. The van der Waals surface area contributed by atoms with Crippen molar-refractivity contribution in [3.63, 3.8) is 0 Å². The lowest BCUT2D eigenvalue weighted by Gasteiger charge is -2.15. The van der Waals surface area contributed by atoms with Gasteiger partial charge in [0.15, 0.2) is 10.9 Å². The Hall–Kier alpha value is -2.93. The molecular weight excluding hydrogens is 434 g/mol. The molecule has 174 valence electrons. The monoisotopic (exact) mass is 465 g/mol. The Morgan fingerprint density at radius 3 is 2.30 bits per heavy atom. The normalized spacial score (nSPS) is 11.4. The zero-order chi connectivity index (χ0) is 24.1. The highest BCUT2D eigenvalue weighted by Crippen LogP contribution is 2.21. The van der Waals surface area contributed by atoms with Crippen molar-refractivity contribution in [1.29, 1.82) is 0 Å². The van der Waals surface area contributed by atoms with Crippen molar-refractivity contribution in [2.75, 3.05) is 12.3 Å². The second kappa shape index (κ2) is 10.8. The molecule has 0 radical (unpaired) electrons. The van der Waals surface area contributed by atoms with Gasteiger partial charge >= 0.3 is 0 Å². The Kier molecular flexibility index (Phi) is 8.08. The summed E-state index contributed by atoms with van der Waals surface area (Å²) in [5.41, 5.74) is 2.49. The molecule has 0 aliphatic carbocycles. The van der Waals surface area contributed by atoms with Gasteiger partial charge in [0.1, 0.15) is 0 Å². The zero-order valence-electron chi connectivity index (χ0n) is 19.8. The van der Waals surface area contributed by atoms with Crippen LogP contribution in [0.25, 0.3) is 10.9 Å². The Balaban J connectivity index is 1.94. The van der Waals surface area contributed by atoms with Gasteiger partial charge in [-0.25, -0.2) is 4.98 Å². The van der Waals surface area contributed by atoms with E-state index in [1.54, 1.807) is 22.8 Å². The SMILES string of the molecule is Cc1ccc(C(=O)CSc2nc3cc(C(=O)NCC(C)C)ccc3c(=O)n2CC(C)C)cc1. The van der Waals surface area contributed by atoms with Crippen LogP contribution in [0.5, 0.6) is 0 Å². The van der Waals surface area contributed by atoms with Gasteiger partial charge in [0.2, 0.25) is 0 Å². The van der Waals surface area contributed by atoms with Crippen LogP contribution in [0.1, 0.15) is 54.0 Å². The van der Waals surface area contributed by atoms with Crippen molar-refractivity contribution in [1.82, 2.24) is 14.9 Å². The average Bonchev–Trinajstić information content (AvgIpc) is 2.77. The molecule has 1 amide bonds. The number of ketones is 1. The molecule has 1 aromatic heterocycles. The number of amides is 1. The van der Waals surface area contributed by atoms with Crippen LogP contribution in [-0.4, -0.2) is 33.5 Å². The summed E-state index contributed by atoms with van der Waals surface area (Å²) >= 11 is 1.26. The third-order valence-electron chi connectivity index (χ3n) is 5.11. The highest BCUT2D eigenvalue weighted by Gasteiger charge is 2.17. The molecule has 0 atom stereocenters. The van der Waals surface area contributed by atoms with Crippen LogP contribution in [0.3, 0.4) is 0 Å². The molecule has 0 unspecified atom stereocenters. The van der Waals surface area contributed by atoms with Crippen LogP contribution in [0.2, 0.25) is 0 Å². The average molecular weight is 466 g/mol. The fourth-order valence-corrected chi connectivity index (χ4v) is 4.23. The Morgan fingerprint density at radius 1 is 1.00 bits per heavy atom. The summed E-state index contributed by atoms with van der Waals surface area (Å²) in [5.74, 6) is 0.531. The second-order valence-corrected chi connectivity index (χ2v) is 10.1. The molecule has 0 saturated heterocycles. The molecule has 0 bridgehead atoms. The Labute approximate surface area is 198 Å². The molecule has 3 rings (SSSR count). The number of nitrogens with zero attached hydrogens (tertiary/aromatic N) is 2. The molecule has 6 nitrogen and oxygen atoms in total. The summed E-state index contributed by atoms with van der Waals surface area (Å²) in [7, 11) is 0. The van der Waals surface area contributed by atoms with Crippen LogP contribution in [0.4, 0.5) is 0 Å². The first-order valence-corrected chi connectivity index (χ1v) is 12.2. The number of Topliss-reactive ketones (excluding diaryl/α,β-unsaturated/α-hetero) is 1. The lowest BCUT2D eigenvalue weighted by atomic mass is 10.1. The Morgan fingerprint density at radius 2 is 1.67 bits per heavy atom. The lowest BCUT2D eigenvalue weighted by Crippen LogP contribution is -2.28. The number of thioether (sulfide) groups is 1. The summed E-state index contributed by atoms with van der Waals surface area (Å²) in [4.78, 5) is 43.1. The van der Waals surface area contributed by atoms with Crippen molar-refractivity contribution >= 4 is 34.4 Å². The predicted molar refractivity (Wildman–Crippen MR) is 134 cm³/mol. The molecule has 2 aromatic carbocycles. The van der Waals surface area contributed by atoms with E-state index in [1.807, 2.05) is 58.9 Å². The number of aromatic nitrogens is 2. The molecule has 3 aromatic rings. The first-order chi connectivity index (χ1) is 15.7. The van der Waals surface area contributed by atoms with E-state index in [1.165, 1.54) is 11.8 Å². The topological polar surface area (TPSA) is 81.1 Å². The van der Waals surface area contributed by atoms with Gasteiger partial charge in [-0.05, 0) is 37.0 Å². The van der Waals surface area contributed by atoms with Gasteiger partial charge < -0.3 is 5.32 Å². The van der Waals surface area contributed by atoms with Gasteiger partial charge in [-0.2, -0.15) is 0 Å². The van der Waals surface area contributed by atoms with Crippen LogP contribution in [0, 0.1) is 18.8 Å². The highest BCUT2D eigenvalue weighted by molar-refractivity contribution is 7.99. The van der Waals surface area contributed by atoms with Crippen LogP contribution in [-0.2, 0) is 6.54 Å². The van der Waals surface area contributed by atoms with Crippen molar-refractivity contribution in [3.05, 3.63) is 69.5 Å². The van der Waals surface area contributed by atoms with E-state index >= 15 is 0 Å². The maximum absolute atomic E-state index is 13.3. The first kappa shape index (κ1) is 24.7. The fourth-order valence-electron chi connectivity index (χ4n) is 3.33. The maximum Gasteiger partial charge on any atom is 0.262 e. The number of rotatable bonds is 9. The van der Waals surface area contributed by atoms with Crippen molar-refractivity contribution in [2.24, 2.45) is 11.8 Å². The largest absolute Gasteiger partial charge is 0.352 e. The molecular formula is C26H31N3O3S. The van der Waals surface area contributed by atoms with E-state index in [0.717, 1.165) is 5.56 Å². The van der Waals surface area contributed by atoms with E-state index in [2.05, 4.69) is 5.32 Å². The number of carbonyl (C=O) groups is 2. The molecule has 0 spiro atoms. The number of aryl methyl sites for hydroxylation is 1. The number of hydrogen-bond donors (Lipinski definition) is 1. The minimum absolute atomic E-state index is 0.0211. The van der Waals surface area contributed by atoms with Crippen molar-refractivity contribution < 1.29 is 9.59 Å². The smallest absolute Gasteiger partial charge is 0.262 e. The van der Waals surface area contributed by atoms with Crippen molar-refractivity contribution in [2.45, 2.75) is 46.3 Å². The van der Waals surface area contributed by atoms with E-state index in [0.29, 0.717) is 46.2 Å². The molecule has 33 heavy (non-hydrogen) atoms. The fraction of sp³-hybridized carbons (Fsp3) is 0.385. The molecule has 0 aliphatic rings. The number of hydrogen-bond acceptors (Lipinski definition) is 5. The molecule has 0 fully saturated rings. The summed E-state index contributed by atoms with van der Waals surface area (Å²) in [5, 5.41) is 3.84. The lowest BCUT2D eigenvalue weighted by molar-refractivity contribution is 0.0948. The van der Waals surface area contributed by atoms with Gasteiger partial charge in [-0.1, -0.05) is 69.3 Å². The number of nitrogens with one attached hydrogen (secondary N) is 1. The summed E-state index contributed by atoms with van der Waals surface area (Å²) in [6.07, 6.45) is 0. The maximum atomic E-state index is 13.3. The van der Waals surface area contributed by atoms with Gasteiger partial charge in [0, 0.05) is 24.2 Å². The third kappa shape index (κ3) is 6.32. The summed E-state index contributed by atoms with van der Waals surface area (Å²) in [6, 6.07) is 12.4. The molecule has 1 N–H and O–H groups in total. The van der Waals surface area contributed by atoms with Crippen LogP contribution in [0.15, 0.2) is 52.4 Å². The Bertz CT molecular complexity index is 1210. The standard InChI is InChI=1S/C26H31N3O3S/c1-16(2)13-27-24(31)20-10-11-21-22(12-20)28-26(29(25(21)32)14-17(3)4)33-15-23(30)19-8-6-18(5)7-9-19/h6-12,16-17H,13-15H2,1-5H3,(H,27,31). The number of carbonyl (C=O) groups excluding carboxylic acids is 2. The minimum Gasteiger partial charge on any atom is -0.352 e. The second-order valence-electron chi connectivity index (χ2n) is 9.12. The van der Waals surface area contributed by atoms with Gasteiger partial charge in [-0.3, -0.25) is 19.0 Å². The highest BCUT2D eigenvalue weighted by atomic mass is 32.2. The number of fused-ring (bicyclic) bond motifs is 1. The summed E-state index contributed by atoms with van der Waals surface area (Å²) in [6.45, 7) is 11.2. The number of benzene rings is 2. The predicted octanol–water partition coefficient (Wildman–Crippen LogP) is 4.72. The van der Waals surface area contributed by atoms with E-state index < -0.39 is 0 Å². The van der Waals surface area contributed by atoms with Gasteiger partial charge in [0.25, 0.3) is 11.5 Å². The van der Waals surface area contributed by atoms with E-state index in [4.69, 9.17) is 4.98 Å². The van der Waals surface area contributed by atoms with Crippen LogP contribution < -0.4 is 10.9 Å². The van der Waals surface area contributed by atoms with Crippen LogP contribution >= 0.6 is 11.8 Å². The van der Waals surface area contributed by atoms with Gasteiger partial charge in [-0.15, -0.1) is 0 Å². The quantitative estimate of drug-likeness (QED) is 0.281. The minimum atomic E-state index is -0.192. The molecule has 1 heterocycles. The molecule has 0 aliphatic heterocycles. The first-order valence-electron chi connectivity index (χ1n) is 11.2. The molecule has 0 saturated carbocycles. The summed E-state index contributed by atoms with van der Waals surface area (Å²) < 4.78 is 1.64. The zero-order valence-corrected chi connectivity index (χ0v) is 20.7. The molecule has 7 heteroatoms.